The Morgan fingerprint density at radius 1 is 0.889 bits per heavy atom. The van der Waals surface area contributed by atoms with Crippen LogP contribution in [0.25, 0.3) is 0 Å². The molecule has 2 heterocycles. The van der Waals surface area contributed by atoms with E-state index in [9.17, 15) is 5.11 Å². The number of para-hydroxylation sites is 2. The fourth-order valence-corrected chi connectivity index (χ4v) is 4.46. The Morgan fingerprint density at radius 2 is 1.56 bits per heavy atom. The van der Waals surface area contributed by atoms with Crippen molar-refractivity contribution < 1.29 is 5.11 Å². The molecule has 2 aliphatic rings. The lowest BCUT2D eigenvalue weighted by Crippen LogP contribution is -2.34. The van der Waals surface area contributed by atoms with Crippen LogP contribution in [-0.2, 0) is 6.54 Å². The normalized spacial score (nSPS) is 18.8. The number of aliphatic hydroxyl groups is 1. The van der Waals surface area contributed by atoms with Crippen molar-refractivity contribution in [1.82, 2.24) is 5.32 Å². The van der Waals surface area contributed by atoms with Gasteiger partial charge >= 0.3 is 0 Å². The molecule has 0 saturated carbocycles. The second-order valence-electron chi connectivity index (χ2n) is 6.27. The van der Waals surface area contributed by atoms with E-state index in [1.165, 1.54) is 12.7 Å². The monoisotopic (exact) mass is 583 g/mol. The lowest BCUT2D eigenvalue weighted by atomic mass is 10.2. The average molecular weight is 583 g/mol. The van der Waals surface area contributed by atoms with E-state index in [2.05, 4.69) is 115 Å². The summed E-state index contributed by atoms with van der Waals surface area (Å²) in [6, 6.07) is 18.9. The number of nitrogens with zero attached hydrogens (tertiary/aromatic N) is 2. The number of hydrogen-bond acceptors (Lipinski definition) is 4. The number of benzene rings is 2. The second-order valence-corrected chi connectivity index (χ2v) is 8.51. The molecular weight excluding hydrogens is 564 g/mol. The van der Waals surface area contributed by atoms with E-state index in [4.69, 9.17) is 0 Å². The molecule has 0 aliphatic carbocycles. The van der Waals surface area contributed by atoms with Crippen molar-refractivity contribution in [2.24, 2.45) is 0 Å². The fraction of sp³-hybridized carbons (Fsp3) is 0.143. The Morgan fingerprint density at radius 3 is 2.26 bits per heavy atom. The maximum Gasteiger partial charge on any atom is 0.139 e. The van der Waals surface area contributed by atoms with Gasteiger partial charge in [-0.2, -0.15) is 0 Å². The van der Waals surface area contributed by atoms with E-state index in [0.717, 1.165) is 29.4 Å². The highest BCUT2D eigenvalue weighted by Gasteiger charge is 2.34. The zero-order valence-corrected chi connectivity index (χ0v) is 18.9. The zero-order valence-electron chi connectivity index (χ0n) is 14.6. The molecule has 2 N–H and O–H groups in total. The summed E-state index contributed by atoms with van der Waals surface area (Å²) in [4.78, 5) is 4.55. The van der Waals surface area contributed by atoms with Gasteiger partial charge in [0.2, 0.25) is 0 Å². The van der Waals surface area contributed by atoms with Gasteiger partial charge in [-0.1, -0.05) is 42.5 Å². The van der Waals surface area contributed by atoms with E-state index in [1.54, 1.807) is 0 Å². The predicted molar refractivity (Wildman–Crippen MR) is 128 cm³/mol. The highest BCUT2D eigenvalue weighted by atomic mass is 127. The molecular formula is C21H19I2N3O. The molecule has 2 aromatic rings. The molecule has 0 saturated heterocycles. The maximum absolute atomic E-state index is 9.73. The van der Waals surface area contributed by atoms with Gasteiger partial charge in [0, 0.05) is 22.9 Å². The minimum atomic E-state index is 0.0948. The maximum atomic E-state index is 9.73. The molecule has 4 rings (SSSR count). The molecule has 0 aromatic heterocycles. The molecule has 0 amide bonds. The zero-order chi connectivity index (χ0) is 18.8. The third-order valence-electron chi connectivity index (χ3n) is 4.59. The minimum absolute atomic E-state index is 0.0948. The molecule has 0 atom stereocenters. The number of aliphatic hydroxyl groups excluding tert-OH is 1. The summed E-state index contributed by atoms with van der Waals surface area (Å²) in [5, 5.41) is 13.2. The van der Waals surface area contributed by atoms with Crippen molar-refractivity contribution in [2.75, 3.05) is 23.0 Å². The van der Waals surface area contributed by atoms with E-state index in [-0.39, 0.29) is 6.61 Å². The van der Waals surface area contributed by atoms with Gasteiger partial charge in [0.15, 0.2) is 0 Å². The Bertz CT molecular complexity index is 937. The Kier molecular flexibility index (Phi) is 5.74. The number of allylic oxidation sites excluding steroid dienone is 3. The van der Waals surface area contributed by atoms with Crippen LogP contribution in [0.1, 0.15) is 5.56 Å². The number of dihydropyridines is 1. The van der Waals surface area contributed by atoms with E-state index < -0.39 is 0 Å². The van der Waals surface area contributed by atoms with E-state index >= 15 is 0 Å². The van der Waals surface area contributed by atoms with Gasteiger partial charge in [0.05, 0.1) is 27.3 Å². The Balaban J connectivity index is 1.88. The summed E-state index contributed by atoms with van der Waals surface area (Å²) in [6.07, 6.45) is 4.06. The van der Waals surface area contributed by atoms with Gasteiger partial charge in [0.25, 0.3) is 0 Å². The van der Waals surface area contributed by atoms with Gasteiger partial charge in [-0.15, -0.1) is 0 Å². The molecule has 27 heavy (non-hydrogen) atoms. The molecule has 0 unspecified atom stereocenters. The fourth-order valence-electron chi connectivity index (χ4n) is 3.43. The topological polar surface area (TPSA) is 38.7 Å². The van der Waals surface area contributed by atoms with Crippen LogP contribution < -0.4 is 15.1 Å². The van der Waals surface area contributed by atoms with Crippen LogP contribution in [0.2, 0.25) is 0 Å². The van der Waals surface area contributed by atoms with Crippen LogP contribution >= 0.6 is 45.2 Å². The van der Waals surface area contributed by atoms with Gasteiger partial charge in [0.1, 0.15) is 5.82 Å². The lowest BCUT2D eigenvalue weighted by Gasteiger charge is -2.29. The van der Waals surface area contributed by atoms with Crippen molar-refractivity contribution in [1.29, 1.82) is 0 Å². The van der Waals surface area contributed by atoms with Crippen LogP contribution in [0.4, 0.5) is 11.4 Å². The summed E-state index contributed by atoms with van der Waals surface area (Å²) in [7, 11) is 0. The first-order valence-corrected chi connectivity index (χ1v) is 10.9. The van der Waals surface area contributed by atoms with Crippen molar-refractivity contribution in [3.05, 3.63) is 91.1 Å². The van der Waals surface area contributed by atoms with Gasteiger partial charge < -0.3 is 20.2 Å². The Labute approximate surface area is 186 Å². The number of anilines is 2. The molecule has 0 bridgehead atoms. The lowest BCUT2D eigenvalue weighted by molar-refractivity contribution is 0.304. The van der Waals surface area contributed by atoms with Crippen LogP contribution in [0.3, 0.4) is 0 Å². The minimum Gasteiger partial charge on any atom is -0.395 e. The number of fused-ring (bicyclic) bond motifs is 1. The first-order valence-electron chi connectivity index (χ1n) is 8.72. The first kappa shape index (κ1) is 18.8. The molecule has 6 heteroatoms. The third kappa shape index (κ3) is 3.62. The van der Waals surface area contributed by atoms with E-state index in [1.807, 2.05) is 12.3 Å². The molecule has 138 valence electrons. The number of halogens is 2. The van der Waals surface area contributed by atoms with Crippen LogP contribution in [0.5, 0.6) is 0 Å². The van der Waals surface area contributed by atoms with Crippen molar-refractivity contribution in [2.45, 2.75) is 6.54 Å². The SMILES string of the molecule is OCCN1C(=C2NC=CC(I)=C2I)N(Cc2ccccc2)c2ccccc21. The summed E-state index contributed by atoms with van der Waals surface area (Å²) < 4.78 is 2.38. The quantitative estimate of drug-likeness (QED) is 0.505. The first-order chi connectivity index (χ1) is 13.2. The second kappa shape index (κ2) is 8.24. The van der Waals surface area contributed by atoms with Crippen LogP contribution in [0.15, 0.2) is 85.6 Å². The summed E-state index contributed by atoms with van der Waals surface area (Å²) in [5.74, 6) is 1.08. The number of rotatable bonds is 4. The highest BCUT2D eigenvalue weighted by molar-refractivity contribution is 14.1. The smallest absolute Gasteiger partial charge is 0.139 e. The molecule has 0 radical (unpaired) electrons. The number of nitrogens with one attached hydrogen (secondary N) is 1. The summed E-state index contributed by atoms with van der Waals surface area (Å²) in [5.41, 5.74) is 4.60. The molecule has 0 spiro atoms. The van der Waals surface area contributed by atoms with Crippen molar-refractivity contribution in [3.8, 4) is 0 Å². The van der Waals surface area contributed by atoms with Crippen LogP contribution in [0, 0.1) is 0 Å². The largest absolute Gasteiger partial charge is 0.395 e. The number of β-amino-alcohol motifs (C(OH)–C–C–N with tert-alkyl or cyclic N) is 1. The summed E-state index contributed by atoms with van der Waals surface area (Å²) >= 11 is 4.77. The summed E-state index contributed by atoms with van der Waals surface area (Å²) in [6.45, 7) is 1.41. The van der Waals surface area contributed by atoms with Crippen molar-refractivity contribution in [3.63, 3.8) is 0 Å². The average Bonchev–Trinajstić information content (AvgIpc) is 2.99. The molecule has 4 nitrogen and oxygen atoms in total. The molecule has 2 aliphatic heterocycles. The highest BCUT2D eigenvalue weighted by Crippen LogP contribution is 2.45. The van der Waals surface area contributed by atoms with Crippen molar-refractivity contribution >= 4 is 56.6 Å². The molecule has 0 fully saturated rings. The van der Waals surface area contributed by atoms with E-state index in [0.29, 0.717) is 6.54 Å². The van der Waals surface area contributed by atoms with Gasteiger partial charge in [-0.25, -0.2) is 0 Å². The Hall–Kier alpha value is -1.52. The van der Waals surface area contributed by atoms with Gasteiger partial charge in [-0.3, -0.25) is 0 Å². The number of hydrogen-bond donors (Lipinski definition) is 2. The predicted octanol–water partition coefficient (Wildman–Crippen LogP) is 4.87. The van der Waals surface area contributed by atoms with Crippen LogP contribution in [-0.4, -0.2) is 18.3 Å². The molecule has 2 aromatic carbocycles. The third-order valence-corrected chi connectivity index (χ3v) is 7.64. The van der Waals surface area contributed by atoms with Gasteiger partial charge in [-0.05, 0) is 69.0 Å². The standard InChI is InChI=1S/C21H19I2N3O/c22-16-10-11-24-20(19(16)23)21-25(12-13-27)17-8-4-5-9-18(17)26(21)14-15-6-2-1-3-7-15/h1-11,24,27H,12-14H2.